The molecule has 5 atom stereocenters. The summed E-state index contributed by atoms with van der Waals surface area (Å²) in [7, 11) is 0. The van der Waals surface area contributed by atoms with Crippen molar-refractivity contribution in [2.45, 2.75) is 51.2 Å². The van der Waals surface area contributed by atoms with Gasteiger partial charge in [0.05, 0.1) is 6.61 Å². The first-order valence-electron chi connectivity index (χ1n) is 6.49. The first kappa shape index (κ1) is 10.6. The summed E-state index contributed by atoms with van der Waals surface area (Å²) in [4.78, 5) is 11.6. The van der Waals surface area contributed by atoms with Crippen molar-refractivity contribution < 1.29 is 14.3 Å². The number of rotatable bonds is 3. The molecule has 5 unspecified atom stereocenters. The Balaban J connectivity index is 1.66. The summed E-state index contributed by atoms with van der Waals surface area (Å²) in [6, 6.07) is 0. The van der Waals surface area contributed by atoms with Gasteiger partial charge in [0.1, 0.15) is 5.60 Å². The van der Waals surface area contributed by atoms with Crippen LogP contribution in [0.4, 0.5) is 0 Å². The molecular formula is C13H20O3. The molecule has 0 aromatic rings. The van der Waals surface area contributed by atoms with Crippen LogP contribution in [0.25, 0.3) is 0 Å². The topological polar surface area (TPSA) is 38.8 Å². The molecule has 0 amide bonds. The molecule has 1 heterocycles. The minimum Gasteiger partial charge on any atom is -0.464 e. The van der Waals surface area contributed by atoms with Crippen LogP contribution in [0.3, 0.4) is 0 Å². The molecule has 3 heteroatoms. The maximum Gasteiger partial charge on any atom is 0.338 e. The highest BCUT2D eigenvalue weighted by molar-refractivity contribution is 5.79. The molecule has 0 aromatic carbocycles. The number of esters is 1. The second-order valence-electron chi connectivity index (χ2n) is 5.72. The van der Waals surface area contributed by atoms with Crippen molar-refractivity contribution in [1.82, 2.24) is 0 Å². The molecule has 3 nitrogen and oxygen atoms in total. The molecule has 2 bridgehead atoms. The van der Waals surface area contributed by atoms with Crippen LogP contribution in [0, 0.1) is 17.8 Å². The SMILES string of the molecule is CCOC(=O)C1OC1(C)C1CC2CCC1C2. The highest BCUT2D eigenvalue weighted by Crippen LogP contribution is 2.58. The van der Waals surface area contributed by atoms with E-state index in [-0.39, 0.29) is 17.7 Å². The van der Waals surface area contributed by atoms with Crippen LogP contribution >= 0.6 is 0 Å². The maximum atomic E-state index is 11.6. The number of hydrogen-bond acceptors (Lipinski definition) is 3. The lowest BCUT2D eigenvalue weighted by atomic mass is 9.78. The van der Waals surface area contributed by atoms with Crippen molar-refractivity contribution in [2.24, 2.45) is 17.8 Å². The Bertz CT molecular complexity index is 314. The number of carbonyl (C=O) groups is 1. The van der Waals surface area contributed by atoms with Gasteiger partial charge in [0.25, 0.3) is 0 Å². The highest BCUT2D eigenvalue weighted by Gasteiger charge is 2.65. The quantitative estimate of drug-likeness (QED) is 0.544. The zero-order chi connectivity index (χ0) is 11.3. The second kappa shape index (κ2) is 3.46. The fourth-order valence-corrected chi connectivity index (χ4v) is 3.95. The molecule has 2 aliphatic carbocycles. The third-order valence-electron chi connectivity index (χ3n) is 4.81. The number of carbonyl (C=O) groups excluding carboxylic acids is 1. The van der Waals surface area contributed by atoms with Crippen molar-refractivity contribution in [1.29, 1.82) is 0 Å². The summed E-state index contributed by atoms with van der Waals surface area (Å²) >= 11 is 0. The van der Waals surface area contributed by atoms with Crippen molar-refractivity contribution in [3.63, 3.8) is 0 Å². The smallest absolute Gasteiger partial charge is 0.338 e. The van der Waals surface area contributed by atoms with Gasteiger partial charge >= 0.3 is 5.97 Å². The monoisotopic (exact) mass is 224 g/mol. The molecule has 3 rings (SSSR count). The molecule has 3 fully saturated rings. The second-order valence-corrected chi connectivity index (χ2v) is 5.72. The summed E-state index contributed by atoms with van der Waals surface area (Å²) in [6.07, 6.45) is 5.07. The van der Waals surface area contributed by atoms with Gasteiger partial charge in [0, 0.05) is 0 Å². The number of epoxide rings is 1. The fourth-order valence-electron chi connectivity index (χ4n) is 3.95. The summed E-state index contributed by atoms with van der Waals surface area (Å²) in [5.74, 6) is 2.14. The molecule has 0 radical (unpaired) electrons. The Hall–Kier alpha value is -0.570. The first-order valence-corrected chi connectivity index (χ1v) is 6.49. The first-order chi connectivity index (χ1) is 7.65. The predicted octanol–water partition coefficient (Wildman–Crippen LogP) is 2.14. The Kier molecular flexibility index (Phi) is 2.29. The van der Waals surface area contributed by atoms with Gasteiger partial charge in [-0.1, -0.05) is 6.42 Å². The lowest BCUT2D eigenvalue weighted by molar-refractivity contribution is -0.144. The molecule has 0 spiro atoms. The molecule has 0 aromatic heterocycles. The lowest BCUT2D eigenvalue weighted by Crippen LogP contribution is -2.31. The van der Waals surface area contributed by atoms with E-state index in [1.165, 1.54) is 25.7 Å². The van der Waals surface area contributed by atoms with Crippen LogP contribution in [-0.4, -0.2) is 24.3 Å². The van der Waals surface area contributed by atoms with E-state index in [2.05, 4.69) is 6.92 Å². The maximum absolute atomic E-state index is 11.6. The lowest BCUT2D eigenvalue weighted by Gasteiger charge is -2.25. The van der Waals surface area contributed by atoms with Crippen molar-refractivity contribution in [3.05, 3.63) is 0 Å². The van der Waals surface area contributed by atoms with E-state index in [0.29, 0.717) is 12.5 Å². The van der Waals surface area contributed by atoms with Crippen molar-refractivity contribution >= 4 is 5.97 Å². The van der Waals surface area contributed by atoms with Crippen LogP contribution in [0.1, 0.15) is 39.5 Å². The molecule has 2 saturated carbocycles. The largest absolute Gasteiger partial charge is 0.464 e. The molecule has 3 aliphatic rings. The number of ether oxygens (including phenoxy) is 2. The molecule has 16 heavy (non-hydrogen) atoms. The van der Waals surface area contributed by atoms with Crippen LogP contribution in [-0.2, 0) is 14.3 Å². The third-order valence-corrected chi connectivity index (χ3v) is 4.81. The highest BCUT2D eigenvalue weighted by atomic mass is 16.7. The predicted molar refractivity (Wildman–Crippen MR) is 58.8 cm³/mol. The summed E-state index contributed by atoms with van der Waals surface area (Å²) in [5.41, 5.74) is -0.202. The molecule has 0 N–H and O–H groups in total. The number of hydrogen-bond donors (Lipinski definition) is 0. The van der Waals surface area contributed by atoms with Gasteiger partial charge in [0.2, 0.25) is 0 Å². The van der Waals surface area contributed by atoms with E-state index < -0.39 is 0 Å². The van der Waals surface area contributed by atoms with Crippen molar-refractivity contribution in [3.8, 4) is 0 Å². The van der Waals surface area contributed by atoms with Gasteiger partial charge in [-0.3, -0.25) is 0 Å². The van der Waals surface area contributed by atoms with Crippen LogP contribution in [0.5, 0.6) is 0 Å². The summed E-state index contributed by atoms with van der Waals surface area (Å²) < 4.78 is 10.7. The Morgan fingerprint density at radius 2 is 2.25 bits per heavy atom. The van der Waals surface area contributed by atoms with Gasteiger partial charge in [-0.05, 0) is 50.9 Å². The van der Waals surface area contributed by atoms with E-state index in [9.17, 15) is 4.79 Å². The zero-order valence-electron chi connectivity index (χ0n) is 10.1. The van der Waals surface area contributed by atoms with E-state index in [1.54, 1.807) is 0 Å². The molecule has 90 valence electrons. The van der Waals surface area contributed by atoms with Crippen LogP contribution < -0.4 is 0 Å². The zero-order valence-corrected chi connectivity index (χ0v) is 10.1. The van der Waals surface area contributed by atoms with Crippen LogP contribution in [0.15, 0.2) is 0 Å². The van der Waals surface area contributed by atoms with Crippen LogP contribution in [0.2, 0.25) is 0 Å². The van der Waals surface area contributed by atoms with Gasteiger partial charge in [-0.2, -0.15) is 0 Å². The van der Waals surface area contributed by atoms with Crippen molar-refractivity contribution in [2.75, 3.05) is 6.61 Å². The van der Waals surface area contributed by atoms with E-state index in [4.69, 9.17) is 9.47 Å². The molecular weight excluding hydrogens is 204 g/mol. The standard InChI is InChI=1S/C13H20O3/c1-3-15-12(14)11-13(2,16-11)10-7-8-4-5-9(10)6-8/h8-11H,3-7H2,1-2H3. The van der Waals surface area contributed by atoms with E-state index in [1.807, 2.05) is 6.92 Å². The third kappa shape index (κ3) is 1.41. The van der Waals surface area contributed by atoms with E-state index >= 15 is 0 Å². The van der Waals surface area contributed by atoms with Gasteiger partial charge in [-0.15, -0.1) is 0 Å². The average Bonchev–Trinajstić information content (AvgIpc) is 2.67. The fraction of sp³-hybridized carbons (Fsp3) is 0.923. The normalized spacial score (nSPS) is 49.4. The minimum absolute atomic E-state index is 0.159. The van der Waals surface area contributed by atoms with Gasteiger partial charge in [0.15, 0.2) is 6.10 Å². The van der Waals surface area contributed by atoms with Gasteiger partial charge in [-0.25, -0.2) is 4.79 Å². The number of fused-ring (bicyclic) bond motifs is 2. The Morgan fingerprint density at radius 3 is 2.81 bits per heavy atom. The molecule has 1 saturated heterocycles. The van der Waals surface area contributed by atoms with Gasteiger partial charge < -0.3 is 9.47 Å². The Labute approximate surface area is 96.5 Å². The minimum atomic E-state index is -0.281. The Morgan fingerprint density at radius 1 is 1.44 bits per heavy atom. The van der Waals surface area contributed by atoms with E-state index in [0.717, 1.165) is 11.8 Å². The summed E-state index contributed by atoms with van der Waals surface area (Å²) in [5, 5.41) is 0. The molecule has 1 aliphatic heterocycles. The summed E-state index contributed by atoms with van der Waals surface area (Å²) in [6.45, 7) is 4.39. The average molecular weight is 224 g/mol.